The van der Waals surface area contributed by atoms with Crippen molar-refractivity contribution in [1.82, 2.24) is 15.3 Å². The Morgan fingerprint density at radius 3 is 2.03 bits per heavy atom. The van der Waals surface area contributed by atoms with Gasteiger partial charge < -0.3 is 15.0 Å². The lowest BCUT2D eigenvalue weighted by Gasteiger charge is -2.16. The molecule has 192 valence electrons. The highest BCUT2D eigenvalue weighted by Gasteiger charge is 2.25. The predicted octanol–water partition coefficient (Wildman–Crippen LogP) is 7.28. The summed E-state index contributed by atoms with van der Waals surface area (Å²) in [4.78, 5) is 32.7. The first-order valence-electron chi connectivity index (χ1n) is 11.3. The van der Waals surface area contributed by atoms with Gasteiger partial charge in [-0.25, -0.2) is 4.79 Å². The number of carbonyl (C=O) groups is 2. The molecule has 1 atom stereocenters. The molecule has 12 heteroatoms. The fourth-order valence-electron chi connectivity index (χ4n) is 3.26. The van der Waals surface area contributed by atoms with E-state index >= 15 is 0 Å². The molecule has 4 aromatic rings. The Morgan fingerprint density at radius 1 is 0.868 bits per heavy atom. The Bertz CT molecular complexity index is 1450. The van der Waals surface area contributed by atoms with Crippen LogP contribution in [0.4, 0.5) is 23.1 Å². The minimum atomic E-state index is -1.02. The summed E-state index contributed by atoms with van der Waals surface area (Å²) in [5.41, 5.74) is 2.04. The van der Waals surface area contributed by atoms with Crippen molar-refractivity contribution in [3.05, 3.63) is 99.1 Å². The number of carbonyl (C=O) groups excluding carboxylic acids is 2. The number of methoxy groups -OCH3 is 1. The highest BCUT2D eigenvalue weighted by atomic mass is 79.9. The molecular formula is C26H21Br2N7O3. The largest absolute Gasteiger partial charge is 0.467 e. The molecule has 2 N–H and O–H groups in total. The number of halogens is 2. The van der Waals surface area contributed by atoms with Crippen LogP contribution in [0.25, 0.3) is 0 Å². The number of esters is 1. The van der Waals surface area contributed by atoms with Crippen molar-refractivity contribution in [2.45, 2.75) is 12.5 Å². The number of azo groups is 2. The van der Waals surface area contributed by atoms with Crippen LogP contribution in [0.1, 0.15) is 16.1 Å². The number of hydrogen-bond acceptors (Lipinski definition) is 8. The molecule has 4 rings (SSSR count). The number of ether oxygens (including phenoxy) is 1. The van der Waals surface area contributed by atoms with Crippen molar-refractivity contribution in [1.29, 1.82) is 0 Å². The molecule has 1 amide bonds. The second kappa shape index (κ2) is 13.0. The van der Waals surface area contributed by atoms with Gasteiger partial charge in [0.05, 0.1) is 24.2 Å². The zero-order valence-electron chi connectivity index (χ0n) is 20.0. The maximum Gasteiger partial charge on any atom is 0.328 e. The molecule has 38 heavy (non-hydrogen) atoms. The van der Waals surface area contributed by atoms with Crippen LogP contribution in [-0.2, 0) is 16.0 Å². The Hall–Kier alpha value is -4.03. The molecule has 0 saturated heterocycles. The standard InChI is InChI=1S/C26H21Br2N7O3/c1-38-25(37)22(29-24(36)16-5-3-2-4-6-16)15-21-23(34-32-19-11-7-17(27)8-12-19)31-26(30-21)35-33-20-13-9-18(28)10-14-20/h2-14,22H,15H2,1H3,(H,29,36)(H,30,31). The first-order chi connectivity index (χ1) is 18.4. The molecule has 0 aliphatic rings. The van der Waals surface area contributed by atoms with Gasteiger partial charge in [-0.15, -0.1) is 20.5 Å². The van der Waals surface area contributed by atoms with E-state index in [9.17, 15) is 9.59 Å². The summed E-state index contributed by atoms with van der Waals surface area (Å²) in [6.45, 7) is 0. The predicted molar refractivity (Wildman–Crippen MR) is 149 cm³/mol. The molecule has 0 saturated carbocycles. The fourth-order valence-corrected chi connectivity index (χ4v) is 3.78. The van der Waals surface area contributed by atoms with E-state index in [2.05, 4.69) is 67.6 Å². The second-order valence-electron chi connectivity index (χ2n) is 7.83. The maximum atomic E-state index is 12.7. The number of rotatable bonds is 9. The number of H-pyrrole nitrogens is 1. The van der Waals surface area contributed by atoms with Crippen molar-refractivity contribution >= 4 is 66.9 Å². The number of aromatic nitrogens is 2. The summed E-state index contributed by atoms with van der Waals surface area (Å²) in [7, 11) is 1.25. The lowest BCUT2D eigenvalue weighted by atomic mass is 10.1. The van der Waals surface area contributed by atoms with Crippen LogP contribution in [0.3, 0.4) is 0 Å². The zero-order chi connectivity index (χ0) is 26.9. The Morgan fingerprint density at radius 2 is 1.45 bits per heavy atom. The van der Waals surface area contributed by atoms with Crippen LogP contribution >= 0.6 is 31.9 Å². The number of aromatic amines is 1. The second-order valence-corrected chi connectivity index (χ2v) is 9.67. The van der Waals surface area contributed by atoms with E-state index in [-0.39, 0.29) is 18.2 Å². The van der Waals surface area contributed by atoms with E-state index in [0.717, 1.165) is 8.95 Å². The molecule has 0 aliphatic heterocycles. The zero-order valence-corrected chi connectivity index (χ0v) is 23.2. The highest BCUT2D eigenvalue weighted by Crippen LogP contribution is 2.27. The Kier molecular flexibility index (Phi) is 9.22. The van der Waals surface area contributed by atoms with Crippen LogP contribution in [0.15, 0.2) is 108 Å². The van der Waals surface area contributed by atoms with Gasteiger partial charge in [-0.2, -0.15) is 4.98 Å². The summed E-state index contributed by atoms with van der Waals surface area (Å²) < 4.78 is 6.75. The van der Waals surface area contributed by atoms with Gasteiger partial charge in [0.15, 0.2) is 5.82 Å². The monoisotopic (exact) mass is 637 g/mol. The van der Waals surface area contributed by atoms with Crippen molar-refractivity contribution in [3.8, 4) is 0 Å². The van der Waals surface area contributed by atoms with E-state index in [1.165, 1.54) is 7.11 Å². The van der Waals surface area contributed by atoms with Crippen molar-refractivity contribution in [2.24, 2.45) is 20.5 Å². The van der Waals surface area contributed by atoms with Gasteiger partial charge in [-0.05, 0) is 60.7 Å². The SMILES string of the molecule is COC(=O)C(Cc1[nH]c(N=Nc2ccc(Br)cc2)nc1N=Nc1ccc(Br)cc1)NC(=O)c1ccccc1. The summed E-state index contributed by atoms with van der Waals surface area (Å²) in [6.07, 6.45) is 0.000736. The number of amides is 1. The summed E-state index contributed by atoms with van der Waals surface area (Å²) >= 11 is 6.77. The Labute approximate surface area is 234 Å². The third-order valence-electron chi connectivity index (χ3n) is 5.15. The van der Waals surface area contributed by atoms with Gasteiger partial charge in [-0.1, -0.05) is 50.1 Å². The van der Waals surface area contributed by atoms with Gasteiger partial charge in [0, 0.05) is 20.9 Å². The third kappa shape index (κ3) is 7.49. The van der Waals surface area contributed by atoms with Crippen molar-refractivity contribution in [2.75, 3.05) is 7.11 Å². The molecule has 0 fully saturated rings. The van der Waals surface area contributed by atoms with Crippen LogP contribution in [0.5, 0.6) is 0 Å². The van der Waals surface area contributed by atoms with Crippen LogP contribution in [-0.4, -0.2) is 35.0 Å². The Balaban J connectivity index is 1.63. The van der Waals surface area contributed by atoms with E-state index < -0.39 is 17.9 Å². The van der Waals surface area contributed by atoms with Crippen molar-refractivity contribution < 1.29 is 14.3 Å². The summed E-state index contributed by atoms with van der Waals surface area (Å²) in [5.74, 6) is -0.697. The molecule has 0 aliphatic carbocycles. The molecule has 10 nitrogen and oxygen atoms in total. The van der Waals surface area contributed by atoms with E-state index in [1.807, 2.05) is 24.3 Å². The lowest BCUT2D eigenvalue weighted by Crippen LogP contribution is -2.43. The minimum Gasteiger partial charge on any atom is -0.467 e. The minimum absolute atomic E-state index is 0.000736. The summed E-state index contributed by atoms with van der Waals surface area (Å²) in [6, 6.07) is 22.1. The number of imidazole rings is 1. The van der Waals surface area contributed by atoms with Gasteiger partial charge in [-0.3, -0.25) is 4.79 Å². The van der Waals surface area contributed by atoms with Gasteiger partial charge >= 0.3 is 5.97 Å². The third-order valence-corrected chi connectivity index (χ3v) is 6.21. The average molecular weight is 639 g/mol. The van der Waals surface area contributed by atoms with Crippen molar-refractivity contribution in [3.63, 3.8) is 0 Å². The van der Waals surface area contributed by atoms with E-state index in [4.69, 9.17) is 4.74 Å². The average Bonchev–Trinajstić information content (AvgIpc) is 3.33. The maximum absolute atomic E-state index is 12.7. The normalized spacial score (nSPS) is 12.1. The molecule has 0 spiro atoms. The van der Waals surface area contributed by atoms with Crippen LogP contribution < -0.4 is 5.32 Å². The van der Waals surface area contributed by atoms with Gasteiger partial charge in [0.25, 0.3) is 5.91 Å². The molecule has 0 radical (unpaired) electrons. The number of hydrogen-bond donors (Lipinski definition) is 2. The first kappa shape index (κ1) is 27.0. The van der Waals surface area contributed by atoms with Crippen LogP contribution in [0.2, 0.25) is 0 Å². The molecule has 1 unspecified atom stereocenters. The van der Waals surface area contributed by atoms with Gasteiger partial charge in [0.1, 0.15) is 6.04 Å². The lowest BCUT2D eigenvalue weighted by molar-refractivity contribution is -0.142. The molecular weight excluding hydrogens is 618 g/mol. The smallest absolute Gasteiger partial charge is 0.328 e. The molecule has 1 aromatic heterocycles. The number of nitrogens with one attached hydrogen (secondary N) is 2. The van der Waals surface area contributed by atoms with E-state index in [1.54, 1.807) is 54.6 Å². The first-order valence-corrected chi connectivity index (χ1v) is 12.9. The van der Waals surface area contributed by atoms with Gasteiger partial charge in [0.2, 0.25) is 5.95 Å². The molecule has 1 heterocycles. The highest BCUT2D eigenvalue weighted by molar-refractivity contribution is 9.10. The topological polar surface area (TPSA) is 134 Å². The van der Waals surface area contributed by atoms with E-state index in [0.29, 0.717) is 22.6 Å². The fraction of sp³-hybridized carbons (Fsp3) is 0.115. The number of benzene rings is 3. The quantitative estimate of drug-likeness (QED) is 0.147. The molecule has 0 bridgehead atoms. The molecule has 3 aromatic carbocycles. The van der Waals surface area contributed by atoms with Crippen LogP contribution in [0, 0.1) is 0 Å². The number of nitrogens with zero attached hydrogens (tertiary/aromatic N) is 5. The summed E-state index contributed by atoms with van der Waals surface area (Å²) in [5, 5.41) is 19.6.